The smallest absolute Gasteiger partial charge is 0.324 e. The summed E-state index contributed by atoms with van der Waals surface area (Å²) in [7, 11) is -4.02. The topological polar surface area (TPSA) is 101 Å². The first-order chi connectivity index (χ1) is 7.00. The van der Waals surface area contributed by atoms with Gasteiger partial charge in [0.1, 0.15) is 5.75 Å². The van der Waals surface area contributed by atoms with Crippen molar-refractivity contribution in [2.75, 3.05) is 5.75 Å². The fourth-order valence-electron chi connectivity index (χ4n) is 0.850. The van der Waals surface area contributed by atoms with Gasteiger partial charge < -0.3 is 10.4 Å². The molecule has 0 aliphatic heterocycles. The largest absolute Gasteiger partial charge is 0.480 e. The van der Waals surface area contributed by atoms with Gasteiger partial charge >= 0.3 is 5.97 Å². The van der Waals surface area contributed by atoms with E-state index in [4.69, 9.17) is 5.11 Å². The average molecular weight is 251 g/mol. The van der Waals surface area contributed by atoms with Crippen LogP contribution in [0.2, 0.25) is 0 Å². The Balaban J connectivity index is 4.85. The van der Waals surface area contributed by atoms with Crippen molar-refractivity contribution in [3.05, 3.63) is 0 Å². The van der Waals surface area contributed by atoms with Crippen LogP contribution in [0.15, 0.2) is 0 Å². The van der Waals surface area contributed by atoms with E-state index in [1.165, 1.54) is 0 Å². The standard InChI is InChI=1S/C9H17NO5S/c1-6(2)10-7(11)5-16(14,15)9(3,4)8(12)13/h6H,5H2,1-4H3,(H,10,11)(H,12,13). The van der Waals surface area contributed by atoms with Gasteiger partial charge in [0.2, 0.25) is 5.91 Å². The molecule has 0 atom stereocenters. The van der Waals surface area contributed by atoms with Crippen molar-refractivity contribution in [3.8, 4) is 0 Å². The lowest BCUT2D eigenvalue weighted by atomic mass is 10.2. The van der Waals surface area contributed by atoms with E-state index in [9.17, 15) is 18.0 Å². The van der Waals surface area contributed by atoms with Crippen LogP contribution in [0, 0.1) is 0 Å². The number of hydrogen-bond donors (Lipinski definition) is 2. The van der Waals surface area contributed by atoms with E-state index < -0.39 is 32.2 Å². The van der Waals surface area contributed by atoms with Crippen molar-refractivity contribution < 1.29 is 23.1 Å². The first-order valence-corrected chi connectivity index (χ1v) is 6.41. The van der Waals surface area contributed by atoms with E-state index in [1.54, 1.807) is 13.8 Å². The number of nitrogens with one attached hydrogen (secondary N) is 1. The van der Waals surface area contributed by atoms with E-state index >= 15 is 0 Å². The van der Waals surface area contributed by atoms with Crippen LogP contribution < -0.4 is 5.32 Å². The van der Waals surface area contributed by atoms with Gasteiger partial charge in [0.05, 0.1) is 0 Å². The van der Waals surface area contributed by atoms with E-state index in [-0.39, 0.29) is 6.04 Å². The van der Waals surface area contributed by atoms with Crippen LogP contribution in [0.4, 0.5) is 0 Å². The van der Waals surface area contributed by atoms with Gasteiger partial charge in [-0.3, -0.25) is 9.59 Å². The number of amides is 1. The Morgan fingerprint density at radius 1 is 1.31 bits per heavy atom. The van der Waals surface area contributed by atoms with Crippen molar-refractivity contribution in [1.29, 1.82) is 0 Å². The van der Waals surface area contributed by atoms with Gasteiger partial charge in [-0.2, -0.15) is 0 Å². The number of rotatable bonds is 5. The Labute approximate surface area is 95.0 Å². The summed E-state index contributed by atoms with van der Waals surface area (Å²) in [5, 5.41) is 11.2. The van der Waals surface area contributed by atoms with Crippen LogP contribution in [-0.4, -0.2) is 41.9 Å². The molecule has 2 N–H and O–H groups in total. The Morgan fingerprint density at radius 2 is 1.75 bits per heavy atom. The third-order valence-electron chi connectivity index (χ3n) is 2.06. The molecule has 6 nitrogen and oxygen atoms in total. The molecule has 0 saturated carbocycles. The summed E-state index contributed by atoms with van der Waals surface area (Å²) in [6.07, 6.45) is 0. The first-order valence-electron chi connectivity index (χ1n) is 4.75. The normalized spacial score (nSPS) is 12.6. The summed E-state index contributed by atoms with van der Waals surface area (Å²) in [4.78, 5) is 22.0. The van der Waals surface area contributed by atoms with Crippen LogP contribution in [-0.2, 0) is 19.4 Å². The molecule has 0 aromatic rings. The SMILES string of the molecule is CC(C)NC(=O)CS(=O)(=O)C(C)(C)C(=O)O. The Hall–Kier alpha value is -1.11. The second kappa shape index (κ2) is 4.82. The van der Waals surface area contributed by atoms with Gasteiger partial charge in [0, 0.05) is 6.04 Å². The minimum absolute atomic E-state index is 0.185. The zero-order chi connectivity index (χ0) is 13.1. The molecule has 1 amide bonds. The van der Waals surface area contributed by atoms with Crippen LogP contribution in [0.5, 0.6) is 0 Å². The van der Waals surface area contributed by atoms with Gasteiger partial charge in [0.15, 0.2) is 14.6 Å². The summed E-state index contributed by atoms with van der Waals surface area (Å²) >= 11 is 0. The van der Waals surface area contributed by atoms with Crippen molar-refractivity contribution in [2.45, 2.75) is 38.5 Å². The van der Waals surface area contributed by atoms with Crippen LogP contribution in [0.3, 0.4) is 0 Å². The first kappa shape index (κ1) is 14.9. The number of carboxylic acid groups (broad SMARTS) is 1. The molecule has 0 spiro atoms. The predicted molar refractivity (Wildman–Crippen MR) is 58.8 cm³/mol. The summed E-state index contributed by atoms with van der Waals surface area (Å²) in [6, 6.07) is -0.185. The number of carbonyl (C=O) groups excluding carboxylic acids is 1. The third kappa shape index (κ3) is 3.48. The molecule has 0 aliphatic rings. The second-order valence-corrected chi connectivity index (χ2v) is 6.84. The van der Waals surface area contributed by atoms with Crippen molar-refractivity contribution in [2.24, 2.45) is 0 Å². The second-order valence-electron chi connectivity index (χ2n) is 4.30. The lowest BCUT2D eigenvalue weighted by Crippen LogP contribution is -2.46. The van der Waals surface area contributed by atoms with Crippen molar-refractivity contribution >= 4 is 21.7 Å². The summed E-state index contributed by atoms with van der Waals surface area (Å²) < 4.78 is 21.3. The minimum atomic E-state index is -4.02. The summed E-state index contributed by atoms with van der Waals surface area (Å²) in [5.74, 6) is -2.97. The third-order valence-corrected chi connectivity index (χ3v) is 4.44. The monoisotopic (exact) mass is 251 g/mol. The maximum atomic E-state index is 11.6. The van der Waals surface area contributed by atoms with E-state index in [0.29, 0.717) is 0 Å². The van der Waals surface area contributed by atoms with Gasteiger partial charge in [0.25, 0.3) is 0 Å². The average Bonchev–Trinajstić information content (AvgIpc) is 1.99. The highest BCUT2D eigenvalue weighted by molar-refractivity contribution is 7.94. The van der Waals surface area contributed by atoms with Gasteiger partial charge in [-0.25, -0.2) is 8.42 Å². The molecule has 0 aromatic heterocycles. The number of carboxylic acids is 1. The van der Waals surface area contributed by atoms with Gasteiger partial charge in [-0.05, 0) is 27.7 Å². The molecule has 0 aromatic carbocycles. The molecule has 0 fully saturated rings. The summed E-state index contributed by atoms with van der Waals surface area (Å²) in [5.41, 5.74) is 0. The Kier molecular flexibility index (Phi) is 4.48. The number of aliphatic carboxylic acids is 1. The molecule has 0 radical (unpaired) electrons. The minimum Gasteiger partial charge on any atom is -0.480 e. The van der Waals surface area contributed by atoms with E-state index in [2.05, 4.69) is 5.32 Å². The fourth-order valence-corrected chi connectivity index (χ4v) is 1.91. The molecular formula is C9H17NO5S. The van der Waals surface area contributed by atoms with Gasteiger partial charge in [-0.15, -0.1) is 0 Å². The molecule has 0 saturated heterocycles. The predicted octanol–water partition coefficient (Wildman–Crippen LogP) is -0.211. The van der Waals surface area contributed by atoms with E-state index in [1.807, 2.05) is 0 Å². The maximum Gasteiger partial charge on any atom is 0.324 e. The quantitative estimate of drug-likeness (QED) is 0.704. The highest BCUT2D eigenvalue weighted by Crippen LogP contribution is 2.17. The highest BCUT2D eigenvalue weighted by atomic mass is 32.2. The maximum absolute atomic E-state index is 11.6. The fraction of sp³-hybridized carbons (Fsp3) is 0.778. The van der Waals surface area contributed by atoms with E-state index in [0.717, 1.165) is 13.8 Å². The zero-order valence-corrected chi connectivity index (χ0v) is 10.6. The Morgan fingerprint density at radius 3 is 2.06 bits per heavy atom. The zero-order valence-electron chi connectivity index (χ0n) is 9.77. The molecule has 0 rings (SSSR count). The summed E-state index contributed by atoms with van der Waals surface area (Å²) in [6.45, 7) is 5.50. The molecule has 0 unspecified atom stereocenters. The molecule has 0 heterocycles. The van der Waals surface area contributed by atoms with Crippen molar-refractivity contribution in [3.63, 3.8) is 0 Å². The van der Waals surface area contributed by atoms with Crippen LogP contribution in [0.25, 0.3) is 0 Å². The molecule has 94 valence electrons. The molecular weight excluding hydrogens is 234 g/mol. The lowest BCUT2D eigenvalue weighted by Gasteiger charge is -2.19. The lowest BCUT2D eigenvalue weighted by molar-refractivity contribution is -0.139. The number of sulfone groups is 1. The molecule has 16 heavy (non-hydrogen) atoms. The molecule has 7 heteroatoms. The molecule has 0 bridgehead atoms. The molecule has 0 aliphatic carbocycles. The van der Waals surface area contributed by atoms with Crippen LogP contribution in [0.1, 0.15) is 27.7 Å². The van der Waals surface area contributed by atoms with Crippen molar-refractivity contribution in [1.82, 2.24) is 5.32 Å². The highest BCUT2D eigenvalue weighted by Gasteiger charge is 2.42. The van der Waals surface area contributed by atoms with Crippen LogP contribution >= 0.6 is 0 Å². The van der Waals surface area contributed by atoms with Gasteiger partial charge in [-0.1, -0.05) is 0 Å². The number of carbonyl (C=O) groups is 2. The Bertz CT molecular complexity index is 383. The number of hydrogen-bond acceptors (Lipinski definition) is 4.